The first kappa shape index (κ1) is 9.50. The van der Waals surface area contributed by atoms with E-state index in [9.17, 15) is 9.59 Å². The van der Waals surface area contributed by atoms with Crippen LogP contribution in [-0.4, -0.2) is 40.4 Å². The van der Waals surface area contributed by atoms with Crippen molar-refractivity contribution in [1.29, 1.82) is 0 Å². The van der Waals surface area contributed by atoms with E-state index in [1.165, 1.54) is 14.0 Å². The molecule has 3 N–H and O–H groups in total. The third-order valence-electron chi connectivity index (χ3n) is 2.04. The molecule has 0 radical (unpaired) electrons. The van der Waals surface area contributed by atoms with Crippen molar-refractivity contribution in [2.24, 2.45) is 10.7 Å². The lowest BCUT2D eigenvalue weighted by atomic mass is 9.97. The quantitative estimate of drug-likeness (QED) is 0.548. The lowest BCUT2D eigenvalue weighted by molar-refractivity contribution is -0.146. The van der Waals surface area contributed by atoms with Gasteiger partial charge >= 0.3 is 5.97 Å². The number of nitrogens with two attached hydrogens (primary N) is 1. The van der Waals surface area contributed by atoms with Crippen LogP contribution in [0.5, 0.6) is 0 Å². The van der Waals surface area contributed by atoms with Crippen LogP contribution in [0.4, 0.5) is 0 Å². The number of hydrogen-bond acceptors (Lipinski definition) is 4. The van der Waals surface area contributed by atoms with Crippen molar-refractivity contribution in [3.8, 4) is 0 Å². The van der Waals surface area contributed by atoms with Gasteiger partial charge < -0.3 is 10.8 Å². The number of carboxylic acid groups (broad SMARTS) is 1. The Kier molecular flexibility index (Phi) is 1.99. The van der Waals surface area contributed by atoms with E-state index in [-0.39, 0.29) is 18.3 Å². The minimum absolute atomic E-state index is 0.0545. The minimum Gasteiger partial charge on any atom is -0.479 e. The van der Waals surface area contributed by atoms with E-state index in [4.69, 9.17) is 10.8 Å². The molecule has 0 aromatic carbocycles. The van der Waals surface area contributed by atoms with Crippen LogP contribution < -0.4 is 5.73 Å². The van der Waals surface area contributed by atoms with E-state index >= 15 is 0 Å². The van der Waals surface area contributed by atoms with E-state index in [1.54, 1.807) is 0 Å². The van der Waals surface area contributed by atoms with Crippen molar-refractivity contribution < 1.29 is 14.7 Å². The Bertz CT molecular complexity index is 299. The highest BCUT2D eigenvalue weighted by molar-refractivity contribution is 6.02. The van der Waals surface area contributed by atoms with Gasteiger partial charge in [-0.1, -0.05) is 0 Å². The average molecular weight is 185 g/mol. The summed E-state index contributed by atoms with van der Waals surface area (Å²) in [7, 11) is 1.46. The molecule has 6 nitrogen and oxygen atoms in total. The van der Waals surface area contributed by atoms with Gasteiger partial charge in [0.05, 0.1) is 6.42 Å². The molecule has 1 aliphatic rings. The molecule has 13 heavy (non-hydrogen) atoms. The number of aliphatic imine (C=N–C) groups is 1. The summed E-state index contributed by atoms with van der Waals surface area (Å²) < 4.78 is 0. The Morgan fingerprint density at radius 1 is 1.77 bits per heavy atom. The molecule has 0 fully saturated rings. The van der Waals surface area contributed by atoms with Crippen molar-refractivity contribution in [3.05, 3.63) is 0 Å². The molecule has 0 bridgehead atoms. The van der Waals surface area contributed by atoms with Crippen molar-refractivity contribution in [1.82, 2.24) is 4.90 Å². The number of nitrogens with zero attached hydrogens (tertiary/aromatic N) is 2. The van der Waals surface area contributed by atoms with Gasteiger partial charge in [-0.2, -0.15) is 0 Å². The summed E-state index contributed by atoms with van der Waals surface area (Å²) in [5, 5.41) is 8.79. The van der Waals surface area contributed by atoms with Gasteiger partial charge in [0.15, 0.2) is 11.5 Å². The minimum atomic E-state index is -1.41. The summed E-state index contributed by atoms with van der Waals surface area (Å²) in [6.07, 6.45) is -0.153. The van der Waals surface area contributed by atoms with E-state index in [0.29, 0.717) is 0 Å². The highest BCUT2D eigenvalue weighted by atomic mass is 16.4. The van der Waals surface area contributed by atoms with Crippen LogP contribution in [0, 0.1) is 0 Å². The van der Waals surface area contributed by atoms with Gasteiger partial charge in [-0.15, -0.1) is 0 Å². The van der Waals surface area contributed by atoms with Crippen LogP contribution >= 0.6 is 0 Å². The van der Waals surface area contributed by atoms with Gasteiger partial charge in [0.1, 0.15) is 0 Å². The van der Waals surface area contributed by atoms with E-state index in [1.807, 2.05) is 0 Å². The lowest BCUT2D eigenvalue weighted by Crippen LogP contribution is -2.51. The van der Waals surface area contributed by atoms with Crippen LogP contribution in [-0.2, 0) is 9.59 Å². The Labute approximate surface area is 75.0 Å². The van der Waals surface area contributed by atoms with Crippen LogP contribution in [0.3, 0.4) is 0 Å². The number of rotatable bonds is 1. The van der Waals surface area contributed by atoms with Crippen molar-refractivity contribution >= 4 is 17.8 Å². The lowest BCUT2D eigenvalue weighted by Gasteiger charge is -2.29. The fraction of sp³-hybridized carbons (Fsp3) is 0.571. The van der Waals surface area contributed by atoms with Crippen molar-refractivity contribution in [2.75, 3.05) is 7.05 Å². The first-order valence-electron chi connectivity index (χ1n) is 3.72. The molecule has 0 saturated heterocycles. The molecule has 0 aromatic rings. The predicted molar refractivity (Wildman–Crippen MR) is 45.1 cm³/mol. The zero-order valence-corrected chi connectivity index (χ0v) is 7.44. The summed E-state index contributed by atoms with van der Waals surface area (Å²) in [5.41, 5.74) is 3.96. The highest BCUT2D eigenvalue weighted by Crippen LogP contribution is 2.21. The molecule has 1 amide bonds. The molecule has 0 spiro atoms. The summed E-state index contributed by atoms with van der Waals surface area (Å²) in [5.74, 6) is -1.53. The smallest absolute Gasteiger partial charge is 0.331 e. The number of carbonyl (C=O) groups excluding carboxylic acids is 1. The van der Waals surface area contributed by atoms with Gasteiger partial charge in [-0.05, 0) is 6.92 Å². The van der Waals surface area contributed by atoms with E-state index in [0.717, 1.165) is 4.90 Å². The first-order valence-corrected chi connectivity index (χ1v) is 3.72. The fourth-order valence-electron chi connectivity index (χ4n) is 1.03. The number of carboxylic acids is 1. The largest absolute Gasteiger partial charge is 0.479 e. The number of guanidine groups is 1. The van der Waals surface area contributed by atoms with E-state index in [2.05, 4.69) is 4.99 Å². The SMILES string of the molecule is CN1C(=O)CC(C)(C(=O)O)N=C1N. The Balaban J connectivity index is 3.08. The van der Waals surface area contributed by atoms with Crippen LogP contribution in [0.2, 0.25) is 0 Å². The van der Waals surface area contributed by atoms with Crippen molar-refractivity contribution in [3.63, 3.8) is 0 Å². The summed E-state index contributed by atoms with van der Waals surface area (Å²) in [6, 6.07) is 0. The molecule has 1 rings (SSSR count). The predicted octanol–water partition coefficient (Wildman–Crippen LogP) is -0.993. The normalized spacial score (nSPS) is 28.6. The maximum absolute atomic E-state index is 11.2. The monoisotopic (exact) mass is 185 g/mol. The second kappa shape index (κ2) is 2.72. The second-order valence-corrected chi connectivity index (χ2v) is 3.18. The maximum Gasteiger partial charge on any atom is 0.331 e. The molecular weight excluding hydrogens is 174 g/mol. The standard InChI is InChI=1S/C7H11N3O3/c1-7(5(12)13)3-4(11)10(2)6(8)9-7/h3H2,1-2H3,(H2,8,9)(H,12,13). The van der Waals surface area contributed by atoms with Gasteiger partial charge in [-0.25, -0.2) is 9.79 Å². The molecule has 0 saturated carbocycles. The molecule has 1 atom stereocenters. The Hall–Kier alpha value is -1.59. The molecule has 0 aliphatic carbocycles. The average Bonchev–Trinajstić information content (AvgIpc) is 2.00. The zero-order valence-electron chi connectivity index (χ0n) is 7.44. The molecule has 0 aromatic heterocycles. The van der Waals surface area contributed by atoms with Gasteiger partial charge in [-0.3, -0.25) is 9.69 Å². The molecule has 1 heterocycles. The maximum atomic E-state index is 11.2. The summed E-state index contributed by atoms with van der Waals surface area (Å²) in [4.78, 5) is 26.9. The molecule has 6 heteroatoms. The third kappa shape index (κ3) is 1.47. The number of aliphatic carboxylic acids is 1. The fourth-order valence-corrected chi connectivity index (χ4v) is 1.03. The molecule has 1 unspecified atom stereocenters. The third-order valence-corrected chi connectivity index (χ3v) is 2.04. The number of hydrogen-bond donors (Lipinski definition) is 2. The zero-order chi connectivity index (χ0) is 10.2. The summed E-state index contributed by atoms with van der Waals surface area (Å²) in [6.45, 7) is 1.37. The Morgan fingerprint density at radius 3 is 2.69 bits per heavy atom. The highest BCUT2D eigenvalue weighted by Gasteiger charge is 2.40. The molecule has 72 valence electrons. The van der Waals surface area contributed by atoms with Crippen LogP contribution in [0.25, 0.3) is 0 Å². The van der Waals surface area contributed by atoms with E-state index < -0.39 is 11.5 Å². The molecule has 1 aliphatic heterocycles. The van der Waals surface area contributed by atoms with Crippen LogP contribution in [0.15, 0.2) is 4.99 Å². The number of carbonyl (C=O) groups is 2. The Morgan fingerprint density at radius 2 is 2.31 bits per heavy atom. The first-order chi connectivity index (χ1) is 5.87. The van der Waals surface area contributed by atoms with Gasteiger partial charge in [0.25, 0.3) is 0 Å². The van der Waals surface area contributed by atoms with Gasteiger partial charge in [0, 0.05) is 7.05 Å². The summed E-state index contributed by atoms with van der Waals surface area (Å²) >= 11 is 0. The van der Waals surface area contributed by atoms with Crippen LogP contribution in [0.1, 0.15) is 13.3 Å². The van der Waals surface area contributed by atoms with Gasteiger partial charge in [0.2, 0.25) is 5.91 Å². The topological polar surface area (TPSA) is 96.0 Å². The number of amides is 1. The van der Waals surface area contributed by atoms with Crippen molar-refractivity contribution in [2.45, 2.75) is 18.9 Å². The second-order valence-electron chi connectivity index (χ2n) is 3.18. The molecular formula is C7H11N3O3.